The number of halogens is 3. The van der Waals surface area contributed by atoms with E-state index in [1.165, 1.54) is 47.4 Å². The minimum absolute atomic E-state index is 0.107. The number of aliphatic hydroxyl groups is 1. The summed E-state index contributed by atoms with van der Waals surface area (Å²) < 4.78 is 53.9. The van der Waals surface area contributed by atoms with E-state index < -0.39 is 34.4 Å². The zero-order chi connectivity index (χ0) is 25.2. The highest BCUT2D eigenvalue weighted by molar-refractivity contribution is 7.90. The number of rotatable bonds is 8. The molecule has 0 aromatic heterocycles. The molecule has 0 aliphatic carbocycles. The Bertz CT molecular complexity index is 1230. The summed E-state index contributed by atoms with van der Waals surface area (Å²) in [6.45, 7) is 2.43. The average Bonchev–Trinajstić information content (AvgIpc) is 3.03. The lowest BCUT2D eigenvalue weighted by atomic mass is 10.1. The first-order valence-electron chi connectivity index (χ1n) is 10.1. The highest BCUT2D eigenvalue weighted by Gasteiger charge is 2.35. The second kappa shape index (κ2) is 10.1. The normalized spacial score (nSPS) is 17.0. The van der Waals surface area contributed by atoms with Gasteiger partial charge in [-0.2, -0.15) is 8.78 Å². The minimum Gasteiger partial charge on any atom is -0.433 e. The van der Waals surface area contributed by atoms with Gasteiger partial charge in [0.25, 0.3) is 0 Å². The van der Waals surface area contributed by atoms with E-state index in [1.54, 1.807) is 13.0 Å². The first-order chi connectivity index (χ1) is 15.9. The Morgan fingerprint density at radius 1 is 1.26 bits per heavy atom. The summed E-state index contributed by atoms with van der Waals surface area (Å²) in [5, 5.41) is 12.8. The van der Waals surface area contributed by atoms with Crippen LogP contribution in [0.3, 0.4) is 0 Å². The van der Waals surface area contributed by atoms with Gasteiger partial charge in [-0.05, 0) is 49.4 Å². The lowest BCUT2D eigenvalue weighted by Gasteiger charge is -2.28. The topological polar surface area (TPSA) is 95.9 Å². The molecule has 2 atom stereocenters. The number of amides is 1. The Morgan fingerprint density at radius 3 is 2.47 bits per heavy atom. The van der Waals surface area contributed by atoms with Gasteiger partial charge in [-0.15, -0.1) is 0 Å². The van der Waals surface area contributed by atoms with Crippen LogP contribution in [0.2, 0.25) is 5.02 Å². The van der Waals surface area contributed by atoms with E-state index in [4.69, 9.17) is 11.6 Å². The quantitative estimate of drug-likeness (QED) is 0.537. The summed E-state index contributed by atoms with van der Waals surface area (Å²) in [5.74, 6) is -1.58. The molecule has 11 heteroatoms. The molecular weight excluding hydrogens is 490 g/mol. The fourth-order valence-electron chi connectivity index (χ4n) is 3.55. The number of hydrogen-bond acceptors (Lipinski definition) is 6. The molecule has 2 aromatic rings. The van der Waals surface area contributed by atoms with E-state index in [2.05, 4.69) is 16.6 Å². The van der Waals surface area contributed by atoms with E-state index in [-0.39, 0.29) is 33.5 Å². The number of carbonyl (C=O) groups excluding carboxylic acids is 1. The Kier molecular flexibility index (Phi) is 7.64. The van der Waals surface area contributed by atoms with Crippen molar-refractivity contribution < 1.29 is 31.8 Å². The number of aliphatic hydroxyl groups excluding tert-OH is 1. The molecule has 2 aromatic carbocycles. The van der Waals surface area contributed by atoms with E-state index in [9.17, 15) is 27.1 Å². The molecule has 0 saturated heterocycles. The lowest BCUT2D eigenvalue weighted by molar-refractivity contribution is -0.117. The summed E-state index contributed by atoms with van der Waals surface area (Å²) in [7, 11) is -3.39. The predicted molar refractivity (Wildman–Crippen MR) is 126 cm³/mol. The van der Waals surface area contributed by atoms with Gasteiger partial charge < -0.3 is 20.1 Å². The molecule has 182 valence electrons. The number of nitrogens with one attached hydrogen (secondary N) is 1. The van der Waals surface area contributed by atoms with Crippen molar-refractivity contribution in [3.05, 3.63) is 71.5 Å². The second-order valence-corrected chi connectivity index (χ2v) is 10.2. The zero-order valence-electron chi connectivity index (χ0n) is 18.3. The van der Waals surface area contributed by atoms with Gasteiger partial charge in [0.2, 0.25) is 5.91 Å². The molecule has 1 amide bonds. The van der Waals surface area contributed by atoms with Crippen LogP contribution < -0.4 is 15.0 Å². The summed E-state index contributed by atoms with van der Waals surface area (Å²) in [4.78, 5) is 14.6. The third-order valence-electron chi connectivity index (χ3n) is 5.01. The van der Waals surface area contributed by atoms with Crippen molar-refractivity contribution in [1.82, 2.24) is 0 Å². The lowest BCUT2D eigenvalue weighted by Crippen LogP contribution is -2.27. The highest BCUT2D eigenvalue weighted by Crippen LogP contribution is 2.43. The summed E-state index contributed by atoms with van der Waals surface area (Å²) >= 11 is 5.95. The molecule has 7 nitrogen and oxygen atoms in total. The number of hydrogen-bond donors (Lipinski definition) is 2. The van der Waals surface area contributed by atoms with E-state index in [1.807, 2.05) is 0 Å². The van der Waals surface area contributed by atoms with Crippen LogP contribution in [0.15, 0.2) is 71.4 Å². The maximum Gasteiger partial charge on any atom is 0.387 e. The van der Waals surface area contributed by atoms with E-state index in [0.717, 1.165) is 6.26 Å². The Labute approximate surface area is 201 Å². The van der Waals surface area contributed by atoms with Gasteiger partial charge in [0.15, 0.2) is 15.6 Å². The number of nitrogens with zero attached hydrogens (tertiary/aromatic N) is 1. The van der Waals surface area contributed by atoms with Crippen LogP contribution in [-0.2, 0) is 14.6 Å². The van der Waals surface area contributed by atoms with Gasteiger partial charge in [0, 0.05) is 40.8 Å². The Morgan fingerprint density at radius 2 is 1.91 bits per heavy atom. The number of alkyl halides is 2. The molecule has 2 N–H and O–H groups in total. The van der Waals surface area contributed by atoms with Gasteiger partial charge in [0.1, 0.15) is 0 Å². The van der Waals surface area contributed by atoms with Crippen molar-refractivity contribution in [3.63, 3.8) is 0 Å². The van der Waals surface area contributed by atoms with Crippen molar-refractivity contribution in [2.24, 2.45) is 5.92 Å². The fourth-order valence-corrected chi connectivity index (χ4v) is 4.35. The SMILES string of the molecule is C=C1C(C(=O)Nc2ccc(S(C)(=O)=O)cc2)C=C(C[C@H](C)O)N1c1ccc(Cl)cc1OC(F)F. The van der Waals surface area contributed by atoms with Crippen LogP contribution >= 0.6 is 11.6 Å². The summed E-state index contributed by atoms with van der Waals surface area (Å²) in [6.07, 6.45) is 1.98. The van der Waals surface area contributed by atoms with Crippen LogP contribution in [0.1, 0.15) is 13.3 Å². The monoisotopic (exact) mass is 512 g/mol. The van der Waals surface area contributed by atoms with Crippen molar-refractivity contribution >= 4 is 38.7 Å². The van der Waals surface area contributed by atoms with Crippen LogP contribution in [0.5, 0.6) is 5.75 Å². The van der Waals surface area contributed by atoms with E-state index >= 15 is 0 Å². The number of carbonyl (C=O) groups is 1. The minimum atomic E-state index is -3.39. The first-order valence-corrected chi connectivity index (χ1v) is 12.4. The number of anilines is 2. The van der Waals surface area contributed by atoms with Gasteiger partial charge in [-0.25, -0.2) is 8.42 Å². The molecule has 3 rings (SSSR count). The molecule has 1 unspecified atom stereocenters. The average molecular weight is 513 g/mol. The first kappa shape index (κ1) is 25.7. The molecule has 0 fully saturated rings. The fraction of sp³-hybridized carbons (Fsp3) is 0.261. The summed E-state index contributed by atoms with van der Waals surface area (Å²) in [5.41, 5.74) is 1.27. The van der Waals surface area contributed by atoms with Crippen LogP contribution in [0, 0.1) is 5.92 Å². The summed E-state index contributed by atoms with van der Waals surface area (Å²) in [6, 6.07) is 9.84. The smallest absolute Gasteiger partial charge is 0.387 e. The van der Waals surface area contributed by atoms with Crippen LogP contribution in [-0.4, -0.2) is 38.4 Å². The van der Waals surface area contributed by atoms with Crippen molar-refractivity contribution in [1.29, 1.82) is 0 Å². The van der Waals surface area contributed by atoms with Gasteiger partial charge in [0.05, 0.1) is 22.6 Å². The largest absolute Gasteiger partial charge is 0.433 e. The van der Waals surface area contributed by atoms with Gasteiger partial charge in [-0.1, -0.05) is 18.2 Å². The van der Waals surface area contributed by atoms with E-state index in [0.29, 0.717) is 11.4 Å². The third kappa shape index (κ3) is 5.94. The van der Waals surface area contributed by atoms with Crippen LogP contribution in [0.4, 0.5) is 20.2 Å². The maximum absolute atomic E-state index is 13.0. The highest BCUT2D eigenvalue weighted by atomic mass is 35.5. The van der Waals surface area contributed by atoms with Gasteiger partial charge >= 0.3 is 6.61 Å². The molecule has 1 heterocycles. The molecule has 1 aliphatic heterocycles. The van der Waals surface area contributed by atoms with Gasteiger partial charge in [-0.3, -0.25) is 4.79 Å². The molecule has 0 spiro atoms. The second-order valence-electron chi connectivity index (χ2n) is 7.79. The molecule has 1 aliphatic rings. The van der Waals surface area contributed by atoms with Crippen molar-refractivity contribution in [2.75, 3.05) is 16.5 Å². The number of ether oxygens (including phenoxy) is 1. The third-order valence-corrected chi connectivity index (χ3v) is 6.37. The Balaban J connectivity index is 1.92. The number of benzene rings is 2. The van der Waals surface area contributed by atoms with Crippen molar-refractivity contribution in [3.8, 4) is 5.75 Å². The molecular formula is C23H23ClF2N2O5S. The standard InChI is InChI=1S/C23H23ClF2N2O5S/c1-13(29)10-17-12-19(22(30)27-16-5-7-18(8-6-16)34(3,31)32)14(2)28(17)20-9-4-15(24)11-21(20)33-23(25)26/h4-9,11-13,19,23,29H,2,10H2,1,3H3,(H,27,30)/t13-,19?/m0/s1. The van der Waals surface area contributed by atoms with Crippen molar-refractivity contribution in [2.45, 2.75) is 31.0 Å². The Hall–Kier alpha value is -2.95. The molecule has 34 heavy (non-hydrogen) atoms. The zero-order valence-corrected chi connectivity index (χ0v) is 19.9. The molecule has 0 saturated carbocycles. The molecule has 0 bridgehead atoms. The maximum atomic E-state index is 13.0. The molecule has 0 radical (unpaired) electrons. The van der Waals surface area contributed by atoms with Crippen LogP contribution in [0.25, 0.3) is 0 Å². The predicted octanol–water partition coefficient (Wildman–Crippen LogP) is 4.59. The number of sulfone groups is 1.